The number of oxime groups is 1. The molecule has 0 aromatic carbocycles. The molecule has 0 radical (unpaired) electrons. The normalized spacial score (nSPS) is 25.0. The Morgan fingerprint density at radius 3 is 2.88 bits per heavy atom. The smallest absolute Gasteiger partial charge is 0.352 e. The first-order chi connectivity index (χ1) is 12.3. The van der Waals surface area contributed by atoms with Gasteiger partial charge in [0.2, 0.25) is 0 Å². The SMILES string of the molecule is CO/N=C(\C(=O)N[C@H]1C(=O)N2C(C(=O)O)=CCS(=O)[C@H]12)c1csc(N)n1. The lowest BCUT2D eigenvalue weighted by Gasteiger charge is -2.47. The van der Waals surface area contributed by atoms with Gasteiger partial charge in [-0.25, -0.2) is 9.78 Å². The van der Waals surface area contributed by atoms with E-state index in [1.807, 2.05) is 0 Å². The number of anilines is 1. The first-order valence-electron chi connectivity index (χ1n) is 7.12. The summed E-state index contributed by atoms with van der Waals surface area (Å²) in [7, 11) is -0.309. The minimum absolute atomic E-state index is 0.0237. The average Bonchev–Trinajstić information content (AvgIpc) is 3.02. The van der Waals surface area contributed by atoms with Crippen molar-refractivity contribution < 1.29 is 28.5 Å². The number of nitrogen functional groups attached to an aromatic ring is 1. The van der Waals surface area contributed by atoms with Crippen molar-refractivity contribution in [3.63, 3.8) is 0 Å². The standard InChI is InChI=1S/C13H13N5O6S2/c1-24-17-7(5-4-25-13(14)15-5)9(19)16-8-10(20)18-6(12(21)22)2-3-26(23)11(8)18/h2,4,8,11H,3H2,1H3,(H2,14,15)(H,16,19)(H,21,22)/b17-7-/t8-,11+,26?/m0/s1. The molecule has 1 saturated heterocycles. The van der Waals surface area contributed by atoms with E-state index in [0.29, 0.717) is 0 Å². The molecule has 4 N–H and O–H groups in total. The van der Waals surface area contributed by atoms with E-state index >= 15 is 0 Å². The van der Waals surface area contributed by atoms with E-state index in [1.54, 1.807) is 0 Å². The molecule has 1 unspecified atom stereocenters. The highest BCUT2D eigenvalue weighted by Gasteiger charge is 2.55. The monoisotopic (exact) mass is 399 g/mol. The van der Waals surface area contributed by atoms with Gasteiger partial charge in [-0.3, -0.25) is 18.7 Å². The lowest BCUT2D eigenvalue weighted by molar-refractivity contribution is -0.150. The number of nitrogens with one attached hydrogen (secondary N) is 1. The molecule has 11 nitrogen and oxygen atoms in total. The van der Waals surface area contributed by atoms with Gasteiger partial charge in [0.05, 0.1) is 10.8 Å². The van der Waals surface area contributed by atoms with Crippen LogP contribution in [0.25, 0.3) is 0 Å². The van der Waals surface area contributed by atoms with Gasteiger partial charge in [0.25, 0.3) is 11.8 Å². The minimum atomic E-state index is -1.54. The Balaban J connectivity index is 1.81. The summed E-state index contributed by atoms with van der Waals surface area (Å²) in [4.78, 5) is 45.5. The number of β-lactam (4-membered cyclic amide) rings is 1. The Labute approximate surface area is 153 Å². The number of carbonyl (C=O) groups is 3. The van der Waals surface area contributed by atoms with Crippen LogP contribution in [0.3, 0.4) is 0 Å². The third-order valence-electron chi connectivity index (χ3n) is 3.68. The van der Waals surface area contributed by atoms with Gasteiger partial charge in [0, 0.05) is 11.1 Å². The number of fused-ring (bicyclic) bond motifs is 1. The topological polar surface area (TPSA) is 164 Å². The van der Waals surface area contributed by atoms with Crippen LogP contribution < -0.4 is 11.1 Å². The van der Waals surface area contributed by atoms with Gasteiger partial charge in [-0.1, -0.05) is 5.16 Å². The fourth-order valence-corrected chi connectivity index (χ4v) is 4.58. The third-order valence-corrected chi connectivity index (χ3v) is 5.87. The molecule has 0 aliphatic carbocycles. The molecule has 0 saturated carbocycles. The van der Waals surface area contributed by atoms with Crippen LogP contribution in [-0.4, -0.2) is 67.0 Å². The zero-order valence-electron chi connectivity index (χ0n) is 13.2. The lowest BCUT2D eigenvalue weighted by Crippen LogP contribution is -2.73. The predicted octanol–water partition coefficient (Wildman–Crippen LogP) is -1.54. The van der Waals surface area contributed by atoms with Gasteiger partial charge in [-0.2, -0.15) is 0 Å². The highest BCUT2D eigenvalue weighted by Crippen LogP contribution is 2.31. The van der Waals surface area contributed by atoms with E-state index in [4.69, 9.17) is 10.8 Å². The van der Waals surface area contributed by atoms with Crippen LogP contribution in [-0.2, 0) is 30.0 Å². The van der Waals surface area contributed by atoms with Gasteiger partial charge in [-0.05, 0) is 6.08 Å². The molecule has 0 bridgehead atoms. The number of amides is 2. The molecule has 3 rings (SSSR count). The Bertz CT molecular complexity index is 878. The van der Waals surface area contributed by atoms with Crippen molar-refractivity contribution in [3.8, 4) is 0 Å². The molecule has 26 heavy (non-hydrogen) atoms. The van der Waals surface area contributed by atoms with E-state index in [1.165, 1.54) is 18.6 Å². The zero-order chi connectivity index (χ0) is 19.0. The van der Waals surface area contributed by atoms with Crippen LogP contribution in [0.15, 0.2) is 22.3 Å². The van der Waals surface area contributed by atoms with Crippen LogP contribution in [0.4, 0.5) is 5.13 Å². The van der Waals surface area contributed by atoms with Crippen molar-refractivity contribution in [2.75, 3.05) is 18.6 Å². The molecule has 1 aromatic rings. The van der Waals surface area contributed by atoms with E-state index < -0.39 is 40.0 Å². The summed E-state index contributed by atoms with van der Waals surface area (Å²) >= 11 is 1.09. The molecule has 0 spiro atoms. The fraction of sp³-hybridized carbons (Fsp3) is 0.308. The number of nitrogens with two attached hydrogens (primary N) is 1. The molecule has 1 fully saturated rings. The summed E-state index contributed by atoms with van der Waals surface area (Å²) in [5, 5.41) is 15.9. The zero-order valence-corrected chi connectivity index (χ0v) is 14.9. The van der Waals surface area contributed by atoms with Gasteiger partial charge in [0.1, 0.15) is 29.9 Å². The summed E-state index contributed by atoms with van der Waals surface area (Å²) in [5.74, 6) is -2.77. The molecule has 13 heteroatoms. The van der Waals surface area contributed by atoms with E-state index in [2.05, 4.69) is 20.3 Å². The maximum Gasteiger partial charge on any atom is 0.352 e. The van der Waals surface area contributed by atoms with Crippen LogP contribution in [0, 0.1) is 0 Å². The molecular formula is C13H13N5O6S2. The van der Waals surface area contributed by atoms with Crippen LogP contribution in [0.1, 0.15) is 5.69 Å². The third kappa shape index (κ3) is 2.94. The molecule has 3 heterocycles. The number of nitrogens with zero attached hydrogens (tertiary/aromatic N) is 3. The highest BCUT2D eigenvalue weighted by atomic mass is 32.2. The Kier molecular flexibility index (Phi) is 4.73. The first kappa shape index (κ1) is 18.0. The van der Waals surface area contributed by atoms with E-state index in [0.717, 1.165) is 16.2 Å². The van der Waals surface area contributed by atoms with Crippen molar-refractivity contribution >= 4 is 50.8 Å². The molecule has 2 aliphatic heterocycles. The van der Waals surface area contributed by atoms with Crippen LogP contribution in [0.5, 0.6) is 0 Å². The predicted molar refractivity (Wildman–Crippen MR) is 91.4 cm³/mol. The molecule has 3 atom stereocenters. The summed E-state index contributed by atoms with van der Waals surface area (Å²) in [6.45, 7) is 0. The van der Waals surface area contributed by atoms with Crippen molar-refractivity contribution in [2.24, 2.45) is 5.16 Å². The summed E-state index contributed by atoms with van der Waals surface area (Å²) < 4.78 is 12.2. The van der Waals surface area contributed by atoms with Crippen molar-refractivity contribution in [2.45, 2.75) is 11.4 Å². The number of hydrogen-bond acceptors (Lipinski definition) is 9. The number of carboxylic acid groups (broad SMARTS) is 1. The maximum atomic E-state index is 12.5. The number of carbonyl (C=O) groups excluding carboxylic acids is 2. The van der Waals surface area contributed by atoms with Gasteiger partial charge >= 0.3 is 5.97 Å². The summed E-state index contributed by atoms with van der Waals surface area (Å²) in [6.07, 6.45) is 1.22. The van der Waals surface area contributed by atoms with Crippen molar-refractivity contribution in [1.29, 1.82) is 0 Å². The molecule has 138 valence electrons. The second-order valence-corrected chi connectivity index (χ2v) is 7.65. The summed E-state index contributed by atoms with van der Waals surface area (Å²) in [6, 6.07) is -1.13. The number of hydrogen-bond donors (Lipinski definition) is 3. The fourth-order valence-electron chi connectivity index (χ4n) is 2.57. The minimum Gasteiger partial charge on any atom is -0.477 e. The number of rotatable bonds is 5. The number of carboxylic acids is 1. The number of thiazole rings is 1. The highest BCUT2D eigenvalue weighted by molar-refractivity contribution is 7.86. The van der Waals surface area contributed by atoms with E-state index in [9.17, 15) is 18.6 Å². The number of aromatic nitrogens is 1. The molecule has 2 aliphatic rings. The quantitative estimate of drug-likeness (QED) is 0.304. The Morgan fingerprint density at radius 1 is 1.58 bits per heavy atom. The maximum absolute atomic E-state index is 12.5. The van der Waals surface area contributed by atoms with E-state index in [-0.39, 0.29) is 28.0 Å². The van der Waals surface area contributed by atoms with Gasteiger partial charge in [-0.15, -0.1) is 11.3 Å². The van der Waals surface area contributed by atoms with Gasteiger partial charge < -0.3 is 21.0 Å². The summed E-state index contributed by atoms with van der Waals surface area (Å²) in [5.41, 5.74) is 5.25. The molecular weight excluding hydrogens is 386 g/mol. The second kappa shape index (κ2) is 6.84. The first-order valence-corrected chi connectivity index (χ1v) is 9.38. The van der Waals surface area contributed by atoms with Crippen molar-refractivity contribution in [3.05, 3.63) is 22.8 Å². The molecule has 1 aromatic heterocycles. The average molecular weight is 399 g/mol. The van der Waals surface area contributed by atoms with Gasteiger partial charge in [0.15, 0.2) is 10.8 Å². The molecule has 2 amide bonds. The van der Waals surface area contributed by atoms with Crippen LogP contribution in [0.2, 0.25) is 0 Å². The Morgan fingerprint density at radius 2 is 2.31 bits per heavy atom. The number of aliphatic carboxylic acids is 1. The largest absolute Gasteiger partial charge is 0.477 e. The Hall–Kier alpha value is -2.80. The lowest BCUT2D eigenvalue weighted by atomic mass is 10.0. The van der Waals surface area contributed by atoms with Crippen molar-refractivity contribution in [1.82, 2.24) is 15.2 Å². The second-order valence-electron chi connectivity index (χ2n) is 5.19. The van der Waals surface area contributed by atoms with Crippen LogP contribution >= 0.6 is 11.3 Å².